The van der Waals surface area contributed by atoms with Gasteiger partial charge in [-0.05, 0) is 29.6 Å². The van der Waals surface area contributed by atoms with Crippen LogP contribution in [-0.4, -0.2) is 30.3 Å². The van der Waals surface area contributed by atoms with Gasteiger partial charge in [-0.1, -0.05) is 12.1 Å². The Kier molecular flexibility index (Phi) is 2.94. The van der Waals surface area contributed by atoms with Gasteiger partial charge < -0.3 is 0 Å². The second kappa shape index (κ2) is 5.08. The monoisotopic (exact) mass is 310 g/mol. The lowest BCUT2D eigenvalue weighted by atomic mass is 10.4. The van der Waals surface area contributed by atoms with Crippen LogP contribution in [0.3, 0.4) is 0 Å². The number of anilines is 1. The molecule has 0 saturated carbocycles. The van der Waals surface area contributed by atoms with Gasteiger partial charge in [-0.15, -0.1) is 16.4 Å². The van der Waals surface area contributed by atoms with Crippen LogP contribution in [0.5, 0.6) is 0 Å². The van der Waals surface area contributed by atoms with E-state index in [1.54, 1.807) is 21.5 Å². The van der Waals surface area contributed by atoms with Crippen molar-refractivity contribution in [2.45, 2.75) is 0 Å². The molecule has 0 unspecified atom stereocenters. The molecule has 4 rings (SSSR count). The minimum absolute atomic E-state index is 0.216. The third kappa shape index (κ3) is 2.15. The third-order valence-electron chi connectivity index (χ3n) is 3.05. The summed E-state index contributed by atoms with van der Waals surface area (Å²) in [6.45, 7) is 0. The van der Waals surface area contributed by atoms with E-state index in [0.29, 0.717) is 10.5 Å². The second-order valence-corrected chi connectivity index (χ2v) is 5.42. The fourth-order valence-corrected chi connectivity index (χ4v) is 2.71. The lowest BCUT2D eigenvalue weighted by Gasteiger charge is -2.02. The van der Waals surface area contributed by atoms with Gasteiger partial charge in [0.05, 0.1) is 4.88 Å². The van der Waals surface area contributed by atoms with E-state index in [2.05, 4.69) is 20.5 Å². The van der Waals surface area contributed by atoms with Crippen molar-refractivity contribution in [3.8, 4) is 5.82 Å². The zero-order valence-corrected chi connectivity index (χ0v) is 12.1. The van der Waals surface area contributed by atoms with Crippen molar-refractivity contribution in [3.05, 3.63) is 59.0 Å². The first-order valence-electron chi connectivity index (χ1n) is 6.52. The molecule has 1 amide bonds. The van der Waals surface area contributed by atoms with Crippen molar-refractivity contribution < 1.29 is 4.79 Å². The summed E-state index contributed by atoms with van der Waals surface area (Å²) in [5.41, 5.74) is 0.634. The summed E-state index contributed by atoms with van der Waals surface area (Å²) in [5.74, 6) is 0.788. The van der Waals surface area contributed by atoms with Gasteiger partial charge in [0.25, 0.3) is 5.91 Å². The number of rotatable bonds is 3. The first-order valence-corrected chi connectivity index (χ1v) is 7.40. The average molecular weight is 310 g/mol. The van der Waals surface area contributed by atoms with Crippen LogP contribution in [0.2, 0.25) is 0 Å². The van der Waals surface area contributed by atoms with E-state index in [4.69, 9.17) is 0 Å². The molecule has 0 spiro atoms. The largest absolute Gasteiger partial charge is 0.288 e. The number of amides is 1. The molecule has 0 aliphatic carbocycles. The molecule has 0 atom stereocenters. The number of hydrogen-bond acceptors (Lipinski definition) is 5. The number of nitrogens with zero attached hydrogens (tertiary/aromatic N) is 5. The van der Waals surface area contributed by atoms with Crippen molar-refractivity contribution in [2.24, 2.45) is 0 Å². The highest BCUT2D eigenvalue weighted by Crippen LogP contribution is 2.14. The number of pyridine rings is 1. The summed E-state index contributed by atoms with van der Waals surface area (Å²) in [4.78, 5) is 17.0. The van der Waals surface area contributed by atoms with E-state index in [0.717, 1.165) is 5.82 Å². The third-order valence-corrected chi connectivity index (χ3v) is 3.92. The summed E-state index contributed by atoms with van der Waals surface area (Å²) < 4.78 is 3.32. The van der Waals surface area contributed by atoms with Gasteiger partial charge in [0.15, 0.2) is 11.5 Å². The highest BCUT2D eigenvalue weighted by Gasteiger charge is 2.12. The van der Waals surface area contributed by atoms with Crippen LogP contribution in [0.25, 0.3) is 11.5 Å². The molecule has 7 nitrogen and oxygen atoms in total. The fourth-order valence-electron chi connectivity index (χ4n) is 2.09. The number of carbonyl (C=O) groups is 1. The lowest BCUT2D eigenvalue weighted by Crippen LogP contribution is -2.11. The highest BCUT2D eigenvalue weighted by atomic mass is 32.1. The summed E-state index contributed by atoms with van der Waals surface area (Å²) >= 11 is 1.37. The van der Waals surface area contributed by atoms with Crippen LogP contribution < -0.4 is 5.32 Å². The molecule has 0 aromatic carbocycles. The van der Waals surface area contributed by atoms with E-state index in [9.17, 15) is 4.79 Å². The highest BCUT2D eigenvalue weighted by molar-refractivity contribution is 7.12. The molecule has 8 heteroatoms. The Morgan fingerprint density at radius 3 is 2.91 bits per heavy atom. The summed E-state index contributed by atoms with van der Waals surface area (Å²) in [6, 6.07) is 11.0. The molecular weight excluding hydrogens is 300 g/mol. The van der Waals surface area contributed by atoms with Crippen LogP contribution in [0.1, 0.15) is 9.67 Å². The first-order chi connectivity index (χ1) is 10.8. The minimum Gasteiger partial charge on any atom is -0.288 e. The molecule has 4 aromatic heterocycles. The molecule has 4 heterocycles. The molecule has 0 fully saturated rings. The average Bonchev–Trinajstić information content (AvgIpc) is 3.26. The molecule has 22 heavy (non-hydrogen) atoms. The normalized spacial score (nSPS) is 10.9. The molecule has 1 N–H and O–H groups in total. The molecule has 0 bridgehead atoms. The molecule has 108 valence electrons. The number of aromatic nitrogens is 5. The topological polar surface area (TPSA) is 77.1 Å². The van der Waals surface area contributed by atoms with E-state index in [-0.39, 0.29) is 11.9 Å². The number of fused-ring (bicyclic) bond motifs is 1. The van der Waals surface area contributed by atoms with E-state index in [1.165, 1.54) is 11.3 Å². The zero-order chi connectivity index (χ0) is 14.9. The van der Waals surface area contributed by atoms with Gasteiger partial charge in [0.2, 0.25) is 5.95 Å². The van der Waals surface area contributed by atoms with Crippen molar-refractivity contribution in [1.29, 1.82) is 0 Å². The standard InChI is InChI=1S/C14H10N6OS/c21-13(10-4-2-9-22-10)17-14-16-11-5-1-6-12(20(11)18-14)19-8-3-7-15-19/h1-9H,(H,17,18,21). The summed E-state index contributed by atoms with van der Waals surface area (Å²) in [7, 11) is 0. The second-order valence-electron chi connectivity index (χ2n) is 4.47. The molecule has 0 aliphatic heterocycles. The molecular formula is C14H10N6OS. The maximum Gasteiger partial charge on any atom is 0.268 e. The number of thiophene rings is 1. The summed E-state index contributed by atoms with van der Waals surface area (Å²) in [6.07, 6.45) is 3.51. The quantitative estimate of drug-likeness (QED) is 0.629. The Balaban J connectivity index is 1.72. The molecule has 0 saturated heterocycles. The Morgan fingerprint density at radius 2 is 2.14 bits per heavy atom. The smallest absolute Gasteiger partial charge is 0.268 e. The molecule has 0 aliphatic rings. The maximum absolute atomic E-state index is 12.1. The van der Waals surface area contributed by atoms with Gasteiger partial charge in [-0.2, -0.15) is 14.6 Å². The van der Waals surface area contributed by atoms with Crippen molar-refractivity contribution in [1.82, 2.24) is 24.4 Å². The van der Waals surface area contributed by atoms with Crippen molar-refractivity contribution in [3.63, 3.8) is 0 Å². The first kappa shape index (κ1) is 12.7. The molecule has 0 radical (unpaired) electrons. The van der Waals surface area contributed by atoms with E-state index in [1.807, 2.05) is 41.9 Å². The zero-order valence-electron chi connectivity index (χ0n) is 11.2. The van der Waals surface area contributed by atoms with Crippen LogP contribution in [0.4, 0.5) is 5.95 Å². The number of carbonyl (C=O) groups excluding carboxylic acids is 1. The fraction of sp³-hybridized carbons (Fsp3) is 0. The van der Waals surface area contributed by atoms with Crippen LogP contribution >= 0.6 is 11.3 Å². The summed E-state index contributed by atoms with van der Waals surface area (Å²) in [5, 5.41) is 13.1. The van der Waals surface area contributed by atoms with Gasteiger partial charge in [-0.3, -0.25) is 10.1 Å². The van der Waals surface area contributed by atoms with Gasteiger partial charge in [0, 0.05) is 12.4 Å². The minimum atomic E-state index is -0.216. The van der Waals surface area contributed by atoms with Crippen molar-refractivity contribution >= 4 is 28.8 Å². The number of nitrogens with one attached hydrogen (secondary N) is 1. The van der Waals surface area contributed by atoms with Crippen molar-refractivity contribution in [2.75, 3.05) is 5.32 Å². The van der Waals surface area contributed by atoms with Gasteiger partial charge in [-0.25, -0.2) is 4.68 Å². The lowest BCUT2D eigenvalue weighted by molar-refractivity contribution is 0.102. The SMILES string of the molecule is O=C(Nc1nc2cccc(-n3cccn3)n2n1)c1cccs1. The Morgan fingerprint density at radius 1 is 1.18 bits per heavy atom. The molecule has 4 aromatic rings. The maximum atomic E-state index is 12.1. The Labute approximate surface area is 128 Å². The predicted octanol–water partition coefficient (Wildman–Crippen LogP) is 2.23. The Bertz CT molecular complexity index is 926. The van der Waals surface area contributed by atoms with Crippen LogP contribution in [0, 0.1) is 0 Å². The predicted molar refractivity (Wildman–Crippen MR) is 82.4 cm³/mol. The van der Waals surface area contributed by atoms with Crippen LogP contribution in [-0.2, 0) is 0 Å². The van der Waals surface area contributed by atoms with Crippen LogP contribution in [0.15, 0.2) is 54.2 Å². The Hall–Kier alpha value is -3.00. The number of hydrogen-bond donors (Lipinski definition) is 1. The van der Waals surface area contributed by atoms with E-state index < -0.39 is 0 Å². The van der Waals surface area contributed by atoms with Gasteiger partial charge >= 0.3 is 0 Å². The van der Waals surface area contributed by atoms with Gasteiger partial charge in [0.1, 0.15) is 0 Å². The van der Waals surface area contributed by atoms with E-state index >= 15 is 0 Å².